The first kappa shape index (κ1) is 13.8. The average molecular weight is 268 g/mol. The van der Waals surface area contributed by atoms with Crippen LogP contribution in [-0.4, -0.2) is 24.6 Å². The molecule has 1 heterocycles. The molecule has 2 aromatic rings. The number of nitrogens with one attached hydrogen (secondary N) is 1. The van der Waals surface area contributed by atoms with Crippen molar-refractivity contribution in [3.05, 3.63) is 66.0 Å². The number of hydrogen-bond acceptors (Lipinski definition) is 4. The predicted molar refractivity (Wildman–Crippen MR) is 79.5 cm³/mol. The fourth-order valence-electron chi connectivity index (χ4n) is 1.66. The van der Waals surface area contributed by atoms with Crippen LogP contribution in [0, 0.1) is 0 Å². The van der Waals surface area contributed by atoms with Crippen LogP contribution in [0.3, 0.4) is 0 Å². The smallest absolute Gasteiger partial charge is 0.356 e. The quantitative estimate of drug-likeness (QED) is 0.847. The molecule has 4 nitrogen and oxygen atoms in total. The van der Waals surface area contributed by atoms with Crippen molar-refractivity contribution >= 4 is 17.7 Å². The van der Waals surface area contributed by atoms with Crippen LogP contribution in [-0.2, 0) is 4.74 Å². The van der Waals surface area contributed by atoms with Crippen molar-refractivity contribution in [2.24, 2.45) is 0 Å². The molecule has 1 aromatic heterocycles. The molecule has 0 saturated heterocycles. The molecular weight excluding hydrogens is 252 g/mol. The molecule has 20 heavy (non-hydrogen) atoms. The summed E-state index contributed by atoms with van der Waals surface area (Å²) in [5.41, 5.74) is 2.32. The van der Waals surface area contributed by atoms with Crippen molar-refractivity contribution in [2.45, 2.75) is 0 Å². The summed E-state index contributed by atoms with van der Waals surface area (Å²) in [7, 11) is 1.34. The highest BCUT2D eigenvalue weighted by Gasteiger charge is 2.05. The minimum atomic E-state index is -0.430. The van der Waals surface area contributed by atoms with E-state index in [0.717, 1.165) is 11.3 Å². The van der Waals surface area contributed by atoms with Gasteiger partial charge in [0.25, 0.3) is 0 Å². The lowest BCUT2D eigenvalue weighted by Gasteiger charge is -2.03. The molecule has 0 fully saturated rings. The van der Waals surface area contributed by atoms with Crippen molar-refractivity contribution in [2.75, 3.05) is 19.0 Å². The molecule has 0 aliphatic carbocycles. The SMILES string of the molecule is COC(=O)c1ccc(NCC=Cc2ccccc2)cn1. The Morgan fingerprint density at radius 3 is 2.70 bits per heavy atom. The number of pyridine rings is 1. The molecule has 0 bridgehead atoms. The van der Waals surface area contributed by atoms with Crippen LogP contribution in [0.25, 0.3) is 6.08 Å². The molecule has 1 N–H and O–H groups in total. The van der Waals surface area contributed by atoms with Gasteiger partial charge in [0.05, 0.1) is 19.0 Å². The van der Waals surface area contributed by atoms with Gasteiger partial charge in [0.15, 0.2) is 0 Å². The van der Waals surface area contributed by atoms with E-state index in [4.69, 9.17) is 0 Å². The molecule has 0 unspecified atom stereocenters. The van der Waals surface area contributed by atoms with E-state index in [1.165, 1.54) is 7.11 Å². The van der Waals surface area contributed by atoms with E-state index in [2.05, 4.69) is 15.0 Å². The number of aromatic nitrogens is 1. The van der Waals surface area contributed by atoms with Crippen molar-refractivity contribution in [1.82, 2.24) is 4.98 Å². The first-order valence-corrected chi connectivity index (χ1v) is 6.29. The van der Waals surface area contributed by atoms with Crippen molar-refractivity contribution in [1.29, 1.82) is 0 Å². The minimum Gasteiger partial charge on any atom is -0.464 e. The molecule has 0 aliphatic rings. The number of carbonyl (C=O) groups excluding carboxylic acids is 1. The molecule has 4 heteroatoms. The Kier molecular flexibility index (Phi) is 4.89. The number of anilines is 1. The second-order valence-electron chi connectivity index (χ2n) is 4.12. The summed E-state index contributed by atoms with van der Waals surface area (Å²) in [6.45, 7) is 0.689. The van der Waals surface area contributed by atoms with Gasteiger partial charge in [0.2, 0.25) is 0 Å². The summed E-state index contributed by atoms with van der Waals surface area (Å²) in [5, 5.41) is 3.20. The largest absolute Gasteiger partial charge is 0.464 e. The summed E-state index contributed by atoms with van der Waals surface area (Å²) in [6.07, 6.45) is 5.69. The minimum absolute atomic E-state index is 0.304. The number of ether oxygens (including phenoxy) is 1. The maximum atomic E-state index is 11.2. The van der Waals surface area contributed by atoms with Gasteiger partial charge in [-0.2, -0.15) is 0 Å². The van der Waals surface area contributed by atoms with Gasteiger partial charge in [-0.15, -0.1) is 0 Å². The van der Waals surface area contributed by atoms with Gasteiger partial charge < -0.3 is 10.1 Å². The lowest BCUT2D eigenvalue weighted by atomic mass is 10.2. The monoisotopic (exact) mass is 268 g/mol. The second-order valence-corrected chi connectivity index (χ2v) is 4.12. The van der Waals surface area contributed by atoms with Crippen LogP contribution >= 0.6 is 0 Å². The van der Waals surface area contributed by atoms with Gasteiger partial charge in [-0.1, -0.05) is 42.5 Å². The third kappa shape index (κ3) is 3.95. The van der Waals surface area contributed by atoms with E-state index in [1.807, 2.05) is 42.5 Å². The Bertz CT molecular complexity index is 577. The third-order valence-electron chi connectivity index (χ3n) is 2.69. The van der Waals surface area contributed by atoms with Gasteiger partial charge in [0, 0.05) is 6.54 Å². The molecule has 0 spiro atoms. The molecule has 0 aliphatic heterocycles. The van der Waals surface area contributed by atoms with E-state index in [9.17, 15) is 4.79 Å². The zero-order valence-corrected chi connectivity index (χ0v) is 11.2. The number of nitrogens with zero attached hydrogens (tertiary/aromatic N) is 1. The van der Waals surface area contributed by atoms with Crippen LogP contribution in [0.1, 0.15) is 16.1 Å². The highest BCUT2D eigenvalue weighted by atomic mass is 16.5. The maximum absolute atomic E-state index is 11.2. The zero-order valence-electron chi connectivity index (χ0n) is 11.2. The molecule has 1 aromatic carbocycles. The number of benzene rings is 1. The van der Waals surface area contributed by atoms with Crippen LogP contribution < -0.4 is 5.32 Å². The summed E-state index contributed by atoms with van der Waals surface area (Å²) in [6, 6.07) is 13.5. The lowest BCUT2D eigenvalue weighted by molar-refractivity contribution is 0.0594. The van der Waals surface area contributed by atoms with Crippen LogP contribution in [0.4, 0.5) is 5.69 Å². The Hall–Kier alpha value is -2.62. The number of hydrogen-bond donors (Lipinski definition) is 1. The van der Waals surface area contributed by atoms with E-state index in [1.54, 1.807) is 18.3 Å². The van der Waals surface area contributed by atoms with Gasteiger partial charge >= 0.3 is 5.97 Å². The molecule has 0 atom stereocenters. The molecule has 0 saturated carbocycles. The fourth-order valence-corrected chi connectivity index (χ4v) is 1.66. The third-order valence-corrected chi connectivity index (χ3v) is 2.69. The van der Waals surface area contributed by atoms with Crippen molar-refractivity contribution < 1.29 is 9.53 Å². The van der Waals surface area contributed by atoms with Crippen LogP contribution in [0.2, 0.25) is 0 Å². The average Bonchev–Trinajstić information content (AvgIpc) is 2.52. The lowest BCUT2D eigenvalue weighted by Crippen LogP contribution is -2.05. The van der Waals surface area contributed by atoms with E-state index >= 15 is 0 Å². The molecule has 0 amide bonds. The topological polar surface area (TPSA) is 51.2 Å². The highest BCUT2D eigenvalue weighted by molar-refractivity contribution is 5.87. The first-order chi connectivity index (χ1) is 9.79. The normalized spacial score (nSPS) is 10.4. The second kappa shape index (κ2) is 7.09. The summed E-state index contributed by atoms with van der Waals surface area (Å²) in [5.74, 6) is -0.430. The van der Waals surface area contributed by atoms with Crippen LogP contribution in [0.15, 0.2) is 54.7 Å². The number of rotatable bonds is 5. The maximum Gasteiger partial charge on any atom is 0.356 e. The Labute approximate surface area is 118 Å². The summed E-state index contributed by atoms with van der Waals surface area (Å²) >= 11 is 0. The highest BCUT2D eigenvalue weighted by Crippen LogP contribution is 2.07. The molecule has 102 valence electrons. The molecule has 2 rings (SSSR count). The van der Waals surface area contributed by atoms with E-state index in [-0.39, 0.29) is 0 Å². The standard InChI is InChI=1S/C16H16N2O2/c1-20-16(19)15-10-9-14(12-18-15)17-11-5-8-13-6-3-2-4-7-13/h2-10,12,17H,11H2,1H3. The zero-order chi connectivity index (χ0) is 14.2. The number of methoxy groups -OCH3 is 1. The van der Waals surface area contributed by atoms with Gasteiger partial charge in [-0.3, -0.25) is 0 Å². The van der Waals surface area contributed by atoms with E-state index in [0.29, 0.717) is 12.2 Å². The Morgan fingerprint density at radius 1 is 1.25 bits per heavy atom. The fraction of sp³-hybridized carbons (Fsp3) is 0.125. The summed E-state index contributed by atoms with van der Waals surface area (Å²) in [4.78, 5) is 15.3. The molecule has 0 radical (unpaired) electrons. The Morgan fingerprint density at radius 2 is 2.05 bits per heavy atom. The van der Waals surface area contributed by atoms with Gasteiger partial charge in [-0.25, -0.2) is 9.78 Å². The van der Waals surface area contributed by atoms with Crippen molar-refractivity contribution in [3.8, 4) is 0 Å². The summed E-state index contributed by atoms with van der Waals surface area (Å²) < 4.78 is 4.59. The number of esters is 1. The van der Waals surface area contributed by atoms with Gasteiger partial charge in [0.1, 0.15) is 5.69 Å². The predicted octanol–water partition coefficient (Wildman–Crippen LogP) is 2.99. The van der Waals surface area contributed by atoms with Gasteiger partial charge in [-0.05, 0) is 17.7 Å². The Balaban J connectivity index is 1.85. The van der Waals surface area contributed by atoms with Crippen LogP contribution in [0.5, 0.6) is 0 Å². The van der Waals surface area contributed by atoms with E-state index < -0.39 is 5.97 Å². The number of carbonyl (C=O) groups is 1. The molecular formula is C16H16N2O2. The van der Waals surface area contributed by atoms with Crippen molar-refractivity contribution in [3.63, 3.8) is 0 Å². The first-order valence-electron chi connectivity index (χ1n) is 6.29.